The number of benzene rings is 1. The lowest BCUT2D eigenvalue weighted by atomic mass is 10.2. The standard InChI is InChI=1S/C30H31N9O5S2/c40-30(41)35-46(42,43)38-13-11-37(12-14-38)26-7-5-22(19-31-26)28-24(20-45-27-8-6-21-3-1-2-4-23(21)33-27)34-29-25(9-10-32-39(28)29)36-15-17-44-18-16-36/h1-10,19,35H,11-18,20H2,(H,40,41). The molecule has 2 fully saturated rings. The largest absolute Gasteiger partial charge is 0.464 e. The van der Waals surface area contributed by atoms with Crippen LogP contribution in [0, 0.1) is 0 Å². The molecule has 2 saturated heterocycles. The first-order valence-electron chi connectivity index (χ1n) is 14.8. The molecule has 0 bridgehead atoms. The number of carboxylic acid groups (broad SMARTS) is 1. The molecule has 16 heteroatoms. The van der Waals surface area contributed by atoms with Gasteiger partial charge >= 0.3 is 16.3 Å². The van der Waals surface area contributed by atoms with Crippen molar-refractivity contribution in [2.24, 2.45) is 0 Å². The molecule has 0 aliphatic carbocycles. The number of hydrogen-bond donors (Lipinski definition) is 2. The number of hydrogen-bond acceptors (Lipinski definition) is 11. The zero-order valence-electron chi connectivity index (χ0n) is 24.7. The number of morpholine rings is 1. The van der Waals surface area contributed by atoms with Crippen LogP contribution in [0.15, 0.2) is 72.0 Å². The van der Waals surface area contributed by atoms with Crippen LogP contribution in [0.1, 0.15) is 5.69 Å². The first-order chi connectivity index (χ1) is 22.4. The first kappa shape index (κ1) is 30.2. The number of fused-ring (bicyclic) bond motifs is 2. The van der Waals surface area contributed by atoms with Gasteiger partial charge in [-0.15, -0.1) is 0 Å². The van der Waals surface area contributed by atoms with E-state index in [1.54, 1.807) is 28.9 Å². The van der Waals surface area contributed by atoms with E-state index < -0.39 is 16.3 Å². The van der Waals surface area contributed by atoms with Crippen LogP contribution in [0.3, 0.4) is 0 Å². The van der Waals surface area contributed by atoms with E-state index in [2.05, 4.69) is 11.0 Å². The van der Waals surface area contributed by atoms with E-state index >= 15 is 0 Å². The molecule has 0 spiro atoms. The number of aromatic nitrogens is 5. The Hall–Kier alpha value is -4.51. The lowest BCUT2D eigenvalue weighted by Crippen LogP contribution is -2.53. The zero-order valence-corrected chi connectivity index (χ0v) is 26.3. The highest BCUT2D eigenvalue weighted by atomic mass is 32.2. The summed E-state index contributed by atoms with van der Waals surface area (Å²) in [5.74, 6) is 1.26. The van der Waals surface area contributed by atoms with E-state index in [0.29, 0.717) is 37.9 Å². The van der Waals surface area contributed by atoms with Crippen molar-refractivity contribution in [1.82, 2.24) is 33.6 Å². The maximum atomic E-state index is 12.3. The minimum atomic E-state index is -4.10. The lowest BCUT2D eigenvalue weighted by Gasteiger charge is -2.34. The quantitative estimate of drug-likeness (QED) is 0.235. The number of rotatable bonds is 8. The number of nitrogens with zero attached hydrogens (tertiary/aromatic N) is 8. The van der Waals surface area contributed by atoms with Crippen LogP contribution in [0.5, 0.6) is 0 Å². The second kappa shape index (κ2) is 12.7. The van der Waals surface area contributed by atoms with Crippen molar-refractivity contribution < 1.29 is 23.1 Å². The predicted octanol–water partition coefficient (Wildman–Crippen LogP) is 3.10. The minimum Gasteiger partial charge on any atom is -0.464 e. The molecule has 1 aromatic carbocycles. The molecular weight excluding hydrogens is 631 g/mol. The average Bonchev–Trinajstić information content (AvgIpc) is 3.46. The Balaban J connectivity index is 1.17. The van der Waals surface area contributed by atoms with E-state index in [0.717, 1.165) is 61.6 Å². The van der Waals surface area contributed by atoms with Crippen LogP contribution in [0.4, 0.5) is 16.3 Å². The van der Waals surface area contributed by atoms with E-state index in [4.69, 9.17) is 29.9 Å². The number of pyridine rings is 2. The van der Waals surface area contributed by atoms with Gasteiger partial charge in [0.15, 0.2) is 5.65 Å². The van der Waals surface area contributed by atoms with E-state index in [9.17, 15) is 13.2 Å². The Morgan fingerprint density at radius 1 is 0.935 bits per heavy atom. The van der Waals surface area contributed by atoms with Crippen molar-refractivity contribution in [2.75, 3.05) is 62.3 Å². The number of ether oxygens (including phenoxy) is 1. The van der Waals surface area contributed by atoms with Gasteiger partial charge in [0.2, 0.25) is 0 Å². The Kier molecular flexibility index (Phi) is 8.33. The highest BCUT2D eigenvalue weighted by molar-refractivity contribution is 7.98. The van der Waals surface area contributed by atoms with Crippen molar-refractivity contribution >= 4 is 56.1 Å². The number of amides is 1. The van der Waals surface area contributed by atoms with Crippen molar-refractivity contribution in [3.8, 4) is 11.3 Å². The third-order valence-corrected chi connectivity index (χ3v) is 10.4. The summed E-state index contributed by atoms with van der Waals surface area (Å²) in [5.41, 5.74) is 5.24. The van der Waals surface area contributed by atoms with Gasteiger partial charge in [0, 0.05) is 62.2 Å². The van der Waals surface area contributed by atoms with Crippen molar-refractivity contribution in [3.05, 3.63) is 72.7 Å². The molecular formula is C30H31N9O5S2. The molecule has 6 heterocycles. The SMILES string of the molecule is O=C(O)NS(=O)(=O)N1CCN(c2ccc(-c3c(CSc4ccc5ccccc5n4)nc4c(N5CCOCC5)ccnn34)cn2)CC1. The summed E-state index contributed by atoms with van der Waals surface area (Å²) in [4.78, 5) is 29.8. The Bertz CT molecular complexity index is 1990. The van der Waals surface area contributed by atoms with E-state index in [1.807, 2.05) is 57.9 Å². The smallest absolute Gasteiger partial charge is 0.419 e. The van der Waals surface area contributed by atoms with Crippen LogP contribution in [0.25, 0.3) is 27.8 Å². The molecule has 1 amide bonds. The molecule has 7 rings (SSSR count). The van der Waals surface area contributed by atoms with Gasteiger partial charge in [0.25, 0.3) is 0 Å². The summed E-state index contributed by atoms with van der Waals surface area (Å²) in [5, 5.41) is 15.6. The molecule has 0 radical (unpaired) electrons. The number of piperazine rings is 1. The number of imidazole rings is 1. The second-order valence-corrected chi connectivity index (χ2v) is 13.5. The van der Waals surface area contributed by atoms with E-state index in [1.165, 1.54) is 0 Å². The molecule has 2 aliphatic rings. The third kappa shape index (κ3) is 6.16. The molecule has 46 heavy (non-hydrogen) atoms. The van der Waals surface area contributed by atoms with Crippen molar-refractivity contribution in [1.29, 1.82) is 0 Å². The van der Waals surface area contributed by atoms with Gasteiger partial charge in [-0.3, -0.25) is 0 Å². The van der Waals surface area contributed by atoms with Gasteiger partial charge < -0.3 is 19.6 Å². The predicted molar refractivity (Wildman–Crippen MR) is 174 cm³/mol. The van der Waals surface area contributed by atoms with Gasteiger partial charge in [0.1, 0.15) is 5.82 Å². The van der Waals surface area contributed by atoms with Gasteiger partial charge in [-0.25, -0.2) is 29.0 Å². The Morgan fingerprint density at radius 3 is 2.50 bits per heavy atom. The number of thioether (sulfide) groups is 1. The van der Waals surface area contributed by atoms with Crippen LogP contribution < -0.4 is 14.5 Å². The molecule has 4 aromatic heterocycles. The highest BCUT2D eigenvalue weighted by Gasteiger charge is 2.29. The summed E-state index contributed by atoms with van der Waals surface area (Å²) >= 11 is 1.61. The minimum absolute atomic E-state index is 0.137. The molecule has 0 atom stereocenters. The van der Waals surface area contributed by atoms with Gasteiger partial charge in [-0.05, 0) is 30.3 Å². The monoisotopic (exact) mass is 661 g/mol. The molecule has 2 aliphatic heterocycles. The lowest BCUT2D eigenvalue weighted by molar-refractivity contribution is 0.123. The summed E-state index contributed by atoms with van der Waals surface area (Å²) in [7, 11) is -4.10. The van der Waals surface area contributed by atoms with E-state index in [-0.39, 0.29) is 13.1 Å². The maximum absolute atomic E-state index is 12.3. The van der Waals surface area contributed by atoms with Gasteiger partial charge in [-0.2, -0.15) is 17.8 Å². The van der Waals surface area contributed by atoms with Crippen LogP contribution >= 0.6 is 11.8 Å². The highest BCUT2D eigenvalue weighted by Crippen LogP contribution is 2.33. The third-order valence-electron chi connectivity index (χ3n) is 7.99. The number of carbonyl (C=O) groups is 1. The Labute approximate surface area is 269 Å². The molecule has 2 N–H and O–H groups in total. The number of anilines is 2. The molecule has 14 nitrogen and oxygen atoms in total. The summed E-state index contributed by atoms with van der Waals surface area (Å²) in [6.07, 6.45) is 1.98. The number of para-hydroxylation sites is 1. The summed E-state index contributed by atoms with van der Waals surface area (Å²) < 4.78 is 34.7. The van der Waals surface area contributed by atoms with Crippen LogP contribution in [0.2, 0.25) is 0 Å². The second-order valence-electron chi connectivity index (χ2n) is 10.8. The zero-order chi connectivity index (χ0) is 31.7. The topological polar surface area (TPSA) is 158 Å². The fourth-order valence-electron chi connectivity index (χ4n) is 5.74. The van der Waals surface area contributed by atoms with Crippen LogP contribution in [-0.4, -0.2) is 101 Å². The molecule has 5 aromatic rings. The van der Waals surface area contributed by atoms with Gasteiger partial charge in [0.05, 0.1) is 47.0 Å². The summed E-state index contributed by atoms with van der Waals surface area (Å²) in [6, 6.07) is 18.0. The fraction of sp³-hybridized carbons (Fsp3) is 0.300. The normalized spacial score (nSPS) is 16.3. The molecule has 0 unspecified atom stereocenters. The maximum Gasteiger partial charge on any atom is 0.419 e. The van der Waals surface area contributed by atoms with Crippen molar-refractivity contribution in [2.45, 2.75) is 10.8 Å². The average molecular weight is 662 g/mol. The molecule has 238 valence electrons. The number of nitrogens with one attached hydrogen (secondary N) is 1. The summed E-state index contributed by atoms with van der Waals surface area (Å²) in [6.45, 7) is 3.85. The first-order valence-corrected chi connectivity index (χ1v) is 17.2. The van der Waals surface area contributed by atoms with Crippen LogP contribution in [-0.2, 0) is 20.7 Å². The Morgan fingerprint density at radius 2 is 1.74 bits per heavy atom. The van der Waals surface area contributed by atoms with Crippen molar-refractivity contribution in [3.63, 3.8) is 0 Å². The molecule has 0 saturated carbocycles. The fourth-order valence-corrected chi connectivity index (χ4v) is 7.54. The van der Waals surface area contributed by atoms with Gasteiger partial charge in [-0.1, -0.05) is 36.0 Å².